The number of rotatable bonds is 9. The summed E-state index contributed by atoms with van der Waals surface area (Å²) in [5.41, 5.74) is 0.514. The molecule has 114 valence electrons. The monoisotopic (exact) mass is 269 g/mol. The third-order valence-electron chi connectivity index (χ3n) is 4.42. The molecule has 1 aliphatic rings. The summed E-state index contributed by atoms with van der Waals surface area (Å²) in [6.07, 6.45) is 9.46. The first-order chi connectivity index (χ1) is 9.04. The first-order valence-electron chi connectivity index (χ1n) is 8.35. The zero-order valence-corrected chi connectivity index (χ0v) is 13.6. The fraction of sp³-hybridized carbons (Fsp3) is 1.00. The van der Waals surface area contributed by atoms with Gasteiger partial charge < -0.3 is 10.1 Å². The molecule has 0 atom stereocenters. The van der Waals surface area contributed by atoms with E-state index in [-0.39, 0.29) is 0 Å². The first kappa shape index (κ1) is 17.0. The van der Waals surface area contributed by atoms with Gasteiger partial charge in [-0.15, -0.1) is 0 Å². The van der Waals surface area contributed by atoms with Crippen molar-refractivity contribution in [3.63, 3.8) is 0 Å². The molecule has 1 fully saturated rings. The molecule has 1 saturated carbocycles. The van der Waals surface area contributed by atoms with Crippen LogP contribution in [0.1, 0.15) is 72.6 Å². The average Bonchev–Trinajstić information content (AvgIpc) is 2.37. The van der Waals surface area contributed by atoms with Crippen molar-refractivity contribution in [1.82, 2.24) is 5.32 Å². The highest BCUT2D eigenvalue weighted by atomic mass is 16.5. The maximum atomic E-state index is 5.85. The Morgan fingerprint density at radius 1 is 1.00 bits per heavy atom. The first-order valence-corrected chi connectivity index (χ1v) is 8.35. The van der Waals surface area contributed by atoms with Crippen molar-refractivity contribution >= 4 is 0 Å². The van der Waals surface area contributed by atoms with Gasteiger partial charge in [0, 0.05) is 25.8 Å². The quantitative estimate of drug-likeness (QED) is 0.627. The molecule has 0 heterocycles. The third-order valence-corrected chi connectivity index (χ3v) is 4.42. The van der Waals surface area contributed by atoms with E-state index in [1.807, 2.05) is 0 Å². The van der Waals surface area contributed by atoms with Crippen LogP contribution < -0.4 is 5.32 Å². The van der Waals surface area contributed by atoms with Gasteiger partial charge in [-0.25, -0.2) is 0 Å². The van der Waals surface area contributed by atoms with Crippen LogP contribution in [0.15, 0.2) is 0 Å². The fourth-order valence-electron chi connectivity index (χ4n) is 2.95. The van der Waals surface area contributed by atoms with Crippen LogP contribution in [0.25, 0.3) is 0 Å². The van der Waals surface area contributed by atoms with E-state index in [0.717, 1.165) is 19.1 Å². The molecule has 19 heavy (non-hydrogen) atoms. The van der Waals surface area contributed by atoms with Crippen LogP contribution in [-0.2, 0) is 4.74 Å². The van der Waals surface area contributed by atoms with Crippen LogP contribution in [0.3, 0.4) is 0 Å². The predicted molar refractivity (Wildman–Crippen MR) is 83.5 cm³/mol. The second-order valence-electron chi connectivity index (χ2n) is 7.14. The summed E-state index contributed by atoms with van der Waals surface area (Å²) >= 11 is 0. The molecule has 0 saturated heterocycles. The molecule has 0 aromatic carbocycles. The van der Waals surface area contributed by atoms with Crippen LogP contribution in [0.5, 0.6) is 0 Å². The Labute approximate surface area is 120 Å². The van der Waals surface area contributed by atoms with Crippen LogP contribution >= 0.6 is 0 Å². The topological polar surface area (TPSA) is 21.3 Å². The minimum absolute atomic E-state index is 0.514. The van der Waals surface area contributed by atoms with E-state index in [9.17, 15) is 0 Å². The molecule has 0 bridgehead atoms. The summed E-state index contributed by atoms with van der Waals surface area (Å²) in [6, 6.07) is 0.598. The molecule has 0 aromatic heterocycles. The van der Waals surface area contributed by atoms with Gasteiger partial charge in [0.15, 0.2) is 0 Å². The molecule has 1 aliphatic carbocycles. The average molecular weight is 269 g/mol. The van der Waals surface area contributed by atoms with Crippen molar-refractivity contribution < 1.29 is 4.74 Å². The van der Waals surface area contributed by atoms with Gasteiger partial charge in [-0.2, -0.15) is 0 Å². The summed E-state index contributed by atoms with van der Waals surface area (Å²) in [6.45, 7) is 12.1. The molecule has 0 amide bonds. The smallest absolute Gasteiger partial charge is 0.0471 e. The maximum absolute atomic E-state index is 5.85. The lowest BCUT2D eigenvalue weighted by molar-refractivity contribution is 0.0670. The van der Waals surface area contributed by atoms with Crippen LogP contribution in [0, 0.1) is 11.3 Å². The lowest BCUT2D eigenvalue weighted by Crippen LogP contribution is -2.39. The van der Waals surface area contributed by atoms with Crippen molar-refractivity contribution in [2.24, 2.45) is 11.3 Å². The predicted octanol–water partition coefficient (Wildman–Crippen LogP) is 4.39. The molecule has 0 unspecified atom stereocenters. The Bertz CT molecular complexity index is 219. The number of hydrogen-bond donors (Lipinski definition) is 1. The minimum Gasteiger partial charge on any atom is -0.381 e. The van der Waals surface area contributed by atoms with Gasteiger partial charge in [-0.3, -0.25) is 0 Å². The molecule has 0 aromatic rings. The van der Waals surface area contributed by atoms with E-state index in [0.29, 0.717) is 11.5 Å². The number of nitrogens with one attached hydrogen (secondary N) is 1. The summed E-state index contributed by atoms with van der Waals surface area (Å²) in [7, 11) is 0. The lowest BCUT2D eigenvalue weighted by Gasteiger charge is -2.38. The van der Waals surface area contributed by atoms with Gasteiger partial charge in [0.05, 0.1) is 0 Å². The highest BCUT2D eigenvalue weighted by molar-refractivity contribution is 4.85. The highest BCUT2D eigenvalue weighted by Crippen LogP contribution is 2.38. The van der Waals surface area contributed by atoms with Crippen LogP contribution in [-0.4, -0.2) is 25.8 Å². The second kappa shape index (κ2) is 8.97. The van der Waals surface area contributed by atoms with Crippen molar-refractivity contribution in [1.29, 1.82) is 0 Å². The van der Waals surface area contributed by atoms with Crippen molar-refractivity contribution in [2.75, 3.05) is 19.8 Å². The Morgan fingerprint density at radius 2 is 1.68 bits per heavy atom. The molecule has 1 rings (SSSR count). The molecule has 1 N–H and O–H groups in total. The Hall–Kier alpha value is -0.0800. The lowest BCUT2D eigenvalue weighted by atomic mass is 9.72. The number of ether oxygens (including phenoxy) is 1. The van der Waals surface area contributed by atoms with Crippen LogP contribution in [0.4, 0.5) is 0 Å². The number of hydrogen-bond acceptors (Lipinski definition) is 2. The fourth-order valence-corrected chi connectivity index (χ4v) is 2.95. The molecule has 0 radical (unpaired) electrons. The Balaban J connectivity index is 2.28. The van der Waals surface area contributed by atoms with Gasteiger partial charge in [0.25, 0.3) is 0 Å². The van der Waals surface area contributed by atoms with Crippen molar-refractivity contribution in [2.45, 2.75) is 78.7 Å². The second-order valence-corrected chi connectivity index (χ2v) is 7.14. The van der Waals surface area contributed by atoms with E-state index < -0.39 is 0 Å². The zero-order chi connectivity index (χ0) is 14.1. The van der Waals surface area contributed by atoms with E-state index >= 15 is 0 Å². The molecule has 2 nitrogen and oxygen atoms in total. The highest BCUT2D eigenvalue weighted by Gasteiger charge is 2.31. The molecular weight excluding hydrogens is 234 g/mol. The van der Waals surface area contributed by atoms with E-state index in [1.54, 1.807) is 0 Å². The normalized spacial score (nSPS) is 19.3. The minimum atomic E-state index is 0.514. The van der Waals surface area contributed by atoms with Crippen molar-refractivity contribution in [3.8, 4) is 0 Å². The maximum Gasteiger partial charge on any atom is 0.0471 e. The third kappa shape index (κ3) is 7.31. The van der Waals surface area contributed by atoms with Gasteiger partial charge in [0.2, 0.25) is 0 Å². The van der Waals surface area contributed by atoms with Gasteiger partial charge in [0.1, 0.15) is 0 Å². The summed E-state index contributed by atoms with van der Waals surface area (Å²) < 4.78 is 5.85. The SMILES string of the molecule is CC(C)CCOCCC1(CNC(C)C)CCCCC1. The summed E-state index contributed by atoms with van der Waals surface area (Å²) in [4.78, 5) is 0. The van der Waals surface area contributed by atoms with E-state index in [2.05, 4.69) is 33.0 Å². The van der Waals surface area contributed by atoms with Crippen LogP contribution in [0.2, 0.25) is 0 Å². The Kier molecular flexibility index (Phi) is 8.01. The summed E-state index contributed by atoms with van der Waals surface area (Å²) in [5, 5.41) is 3.66. The van der Waals surface area contributed by atoms with E-state index in [4.69, 9.17) is 4.74 Å². The van der Waals surface area contributed by atoms with Gasteiger partial charge in [-0.05, 0) is 37.0 Å². The molecular formula is C17H35NO. The van der Waals surface area contributed by atoms with Crippen molar-refractivity contribution in [3.05, 3.63) is 0 Å². The van der Waals surface area contributed by atoms with Gasteiger partial charge in [-0.1, -0.05) is 47.0 Å². The summed E-state index contributed by atoms with van der Waals surface area (Å²) in [5.74, 6) is 0.756. The standard InChI is InChI=1S/C17H35NO/c1-15(2)8-12-19-13-11-17(14-18-16(3)4)9-6-5-7-10-17/h15-16,18H,5-14H2,1-4H3. The zero-order valence-electron chi connectivity index (χ0n) is 13.6. The van der Waals surface area contributed by atoms with Gasteiger partial charge >= 0.3 is 0 Å². The molecule has 0 aliphatic heterocycles. The molecule has 0 spiro atoms. The Morgan fingerprint density at radius 3 is 2.26 bits per heavy atom. The van der Waals surface area contributed by atoms with E-state index in [1.165, 1.54) is 51.5 Å². The molecule has 2 heteroatoms. The largest absolute Gasteiger partial charge is 0.381 e.